The third-order valence-corrected chi connectivity index (χ3v) is 2.25. The quantitative estimate of drug-likeness (QED) is 0.777. The summed E-state index contributed by atoms with van der Waals surface area (Å²) in [6, 6.07) is 6.28. The fourth-order valence-electron chi connectivity index (χ4n) is 0.764. The molecule has 0 aliphatic heterocycles. The highest BCUT2D eigenvalue weighted by Crippen LogP contribution is 2.18. The number of alkyl halides is 2. The number of carboxylic acid groups (broad SMARTS) is 1. The van der Waals surface area contributed by atoms with Crippen molar-refractivity contribution in [2.45, 2.75) is 5.92 Å². The summed E-state index contributed by atoms with van der Waals surface area (Å²) in [7, 11) is 0. The predicted molar refractivity (Wildman–Crippen MR) is 54.6 cm³/mol. The van der Waals surface area contributed by atoms with Crippen molar-refractivity contribution >= 4 is 28.6 Å². The number of benzene rings is 1. The van der Waals surface area contributed by atoms with Crippen LogP contribution in [-0.4, -0.2) is 18.5 Å². The van der Waals surface area contributed by atoms with Gasteiger partial charge in [0.05, 0.1) is 0 Å². The van der Waals surface area contributed by atoms with Crippen LogP contribution in [0.1, 0.15) is 0 Å². The second kappa shape index (κ2) is 4.73. The van der Waals surface area contributed by atoms with Crippen molar-refractivity contribution in [3.8, 4) is 5.75 Å². The van der Waals surface area contributed by atoms with E-state index in [-0.39, 0.29) is 5.75 Å². The Balaban J connectivity index is 2.57. The number of ether oxygens (including phenoxy) is 1. The van der Waals surface area contributed by atoms with Gasteiger partial charge in [0.15, 0.2) is 6.61 Å². The van der Waals surface area contributed by atoms with Crippen LogP contribution < -0.4 is 9.84 Å². The van der Waals surface area contributed by atoms with Crippen molar-refractivity contribution in [2.24, 2.45) is 0 Å². The molecule has 15 heavy (non-hydrogen) atoms. The number of hydrogen-bond donors (Lipinski definition) is 0. The van der Waals surface area contributed by atoms with Crippen LogP contribution in [0, 0.1) is 3.57 Å². The second-order valence-electron chi connectivity index (χ2n) is 2.73. The van der Waals surface area contributed by atoms with Gasteiger partial charge in [-0.3, -0.25) is 0 Å². The first-order valence-corrected chi connectivity index (χ1v) is 4.97. The van der Waals surface area contributed by atoms with Crippen LogP contribution in [0.5, 0.6) is 5.75 Å². The fourth-order valence-corrected chi connectivity index (χ4v) is 1.12. The van der Waals surface area contributed by atoms with E-state index in [9.17, 15) is 18.7 Å². The maximum atomic E-state index is 12.5. The highest BCUT2D eigenvalue weighted by Gasteiger charge is 2.31. The van der Waals surface area contributed by atoms with Crippen molar-refractivity contribution in [2.75, 3.05) is 6.61 Å². The van der Waals surface area contributed by atoms with E-state index >= 15 is 0 Å². The lowest BCUT2D eigenvalue weighted by Crippen LogP contribution is -2.45. The van der Waals surface area contributed by atoms with Gasteiger partial charge in [0.25, 0.3) is 0 Å². The molecule has 1 rings (SSSR count). The molecule has 0 bridgehead atoms. The number of hydrogen-bond acceptors (Lipinski definition) is 3. The molecule has 0 heterocycles. The van der Waals surface area contributed by atoms with Crippen molar-refractivity contribution in [1.29, 1.82) is 0 Å². The molecule has 0 aliphatic rings. The zero-order chi connectivity index (χ0) is 11.5. The molecular formula is C9H6F2IO3-. The first-order valence-electron chi connectivity index (χ1n) is 3.89. The molecule has 1 aromatic rings. The zero-order valence-electron chi connectivity index (χ0n) is 7.38. The van der Waals surface area contributed by atoms with Crippen LogP contribution in [-0.2, 0) is 4.79 Å². The van der Waals surface area contributed by atoms with E-state index in [0.29, 0.717) is 0 Å². The van der Waals surface area contributed by atoms with Crippen LogP contribution >= 0.6 is 22.6 Å². The Labute approximate surface area is 98.2 Å². The van der Waals surface area contributed by atoms with Gasteiger partial charge in [-0.25, -0.2) is 0 Å². The molecule has 0 N–H and O–H groups in total. The molecule has 0 radical (unpaired) electrons. The molecule has 0 saturated heterocycles. The summed E-state index contributed by atoms with van der Waals surface area (Å²) in [6.45, 7) is -1.23. The highest BCUT2D eigenvalue weighted by atomic mass is 127. The Kier molecular flexibility index (Phi) is 3.83. The molecule has 0 aliphatic carbocycles. The summed E-state index contributed by atoms with van der Waals surface area (Å²) in [4.78, 5) is 9.95. The SMILES string of the molecule is O=C([O-])C(F)(F)COc1ccc(I)cc1. The van der Waals surface area contributed by atoms with Gasteiger partial charge >= 0.3 is 5.92 Å². The largest absolute Gasteiger partial charge is 0.544 e. The molecule has 0 aromatic heterocycles. The minimum atomic E-state index is -3.97. The normalized spacial score (nSPS) is 11.1. The van der Waals surface area contributed by atoms with E-state index < -0.39 is 18.5 Å². The lowest BCUT2D eigenvalue weighted by atomic mass is 10.3. The maximum Gasteiger partial charge on any atom is 0.320 e. The highest BCUT2D eigenvalue weighted by molar-refractivity contribution is 14.1. The molecule has 6 heteroatoms. The molecule has 0 spiro atoms. The average molecular weight is 327 g/mol. The van der Waals surface area contributed by atoms with Crippen molar-refractivity contribution in [3.05, 3.63) is 27.8 Å². The van der Waals surface area contributed by atoms with Gasteiger partial charge in [-0.05, 0) is 46.9 Å². The first kappa shape index (κ1) is 12.2. The van der Waals surface area contributed by atoms with Crippen molar-refractivity contribution < 1.29 is 23.4 Å². The van der Waals surface area contributed by atoms with E-state index in [1.807, 2.05) is 22.6 Å². The predicted octanol–water partition coefficient (Wildman–Crippen LogP) is 1.06. The van der Waals surface area contributed by atoms with E-state index in [0.717, 1.165) is 3.57 Å². The molecule has 0 amide bonds. The van der Waals surface area contributed by atoms with E-state index in [1.54, 1.807) is 12.1 Å². The van der Waals surface area contributed by atoms with Gasteiger partial charge in [-0.15, -0.1) is 0 Å². The Hall–Kier alpha value is -0.920. The van der Waals surface area contributed by atoms with Crippen LogP contribution in [0.15, 0.2) is 24.3 Å². The summed E-state index contributed by atoms with van der Waals surface area (Å²) in [5.74, 6) is -6.22. The number of carboxylic acids is 1. The summed E-state index contributed by atoms with van der Waals surface area (Å²) in [5.41, 5.74) is 0. The second-order valence-corrected chi connectivity index (χ2v) is 3.98. The number of aliphatic carboxylic acids is 1. The van der Waals surface area contributed by atoms with Gasteiger partial charge < -0.3 is 14.6 Å². The van der Waals surface area contributed by atoms with Crippen molar-refractivity contribution in [3.63, 3.8) is 0 Å². The number of rotatable bonds is 4. The fraction of sp³-hybridized carbons (Fsp3) is 0.222. The maximum absolute atomic E-state index is 12.5. The minimum absolute atomic E-state index is 0.191. The smallest absolute Gasteiger partial charge is 0.320 e. The van der Waals surface area contributed by atoms with Crippen molar-refractivity contribution in [1.82, 2.24) is 0 Å². The molecule has 0 atom stereocenters. The molecule has 0 saturated carbocycles. The Morgan fingerprint density at radius 1 is 1.40 bits per heavy atom. The summed E-state index contributed by atoms with van der Waals surface area (Å²) in [5, 5.41) is 9.95. The van der Waals surface area contributed by atoms with Crippen LogP contribution in [0.3, 0.4) is 0 Å². The van der Waals surface area contributed by atoms with Gasteiger partial charge in [0.2, 0.25) is 0 Å². The summed E-state index contributed by atoms with van der Waals surface area (Å²) >= 11 is 2.04. The topological polar surface area (TPSA) is 49.4 Å². The standard InChI is InChI=1S/C9H7F2IO3/c10-9(11,8(13)14)5-15-7-3-1-6(12)2-4-7/h1-4H,5H2,(H,13,14)/p-1. The lowest BCUT2D eigenvalue weighted by molar-refractivity contribution is -0.330. The Morgan fingerprint density at radius 3 is 2.40 bits per heavy atom. The lowest BCUT2D eigenvalue weighted by Gasteiger charge is -2.17. The van der Waals surface area contributed by atoms with Crippen LogP contribution in [0.25, 0.3) is 0 Å². The zero-order valence-corrected chi connectivity index (χ0v) is 9.53. The summed E-state index contributed by atoms with van der Waals surface area (Å²) in [6.07, 6.45) is 0. The monoisotopic (exact) mass is 327 g/mol. The molecule has 1 aromatic carbocycles. The van der Waals surface area contributed by atoms with Gasteiger partial charge in [0.1, 0.15) is 11.7 Å². The van der Waals surface area contributed by atoms with Gasteiger partial charge in [0, 0.05) is 3.57 Å². The Bertz CT molecular complexity index is 351. The number of carbonyl (C=O) groups excluding carboxylic acids is 1. The Morgan fingerprint density at radius 2 is 1.93 bits per heavy atom. The van der Waals surface area contributed by atoms with Crippen LogP contribution in [0.4, 0.5) is 8.78 Å². The van der Waals surface area contributed by atoms with Crippen LogP contribution in [0.2, 0.25) is 0 Å². The molecule has 0 fully saturated rings. The average Bonchev–Trinajstić information content (AvgIpc) is 2.17. The third-order valence-electron chi connectivity index (χ3n) is 1.53. The molecule has 3 nitrogen and oxygen atoms in total. The van der Waals surface area contributed by atoms with Gasteiger partial charge in [-0.2, -0.15) is 8.78 Å². The number of halogens is 3. The third kappa shape index (κ3) is 3.61. The first-order chi connectivity index (χ1) is 6.92. The van der Waals surface area contributed by atoms with E-state index in [2.05, 4.69) is 4.74 Å². The number of carbonyl (C=O) groups is 1. The van der Waals surface area contributed by atoms with Gasteiger partial charge in [-0.1, -0.05) is 0 Å². The minimum Gasteiger partial charge on any atom is -0.544 e. The summed E-state index contributed by atoms with van der Waals surface area (Å²) < 4.78 is 30.6. The molecular weight excluding hydrogens is 321 g/mol. The van der Waals surface area contributed by atoms with E-state index in [4.69, 9.17) is 0 Å². The molecule has 0 unspecified atom stereocenters. The van der Waals surface area contributed by atoms with E-state index in [1.165, 1.54) is 12.1 Å². The molecule has 82 valence electrons.